The normalized spacial score (nSPS) is 16.9. The van der Waals surface area contributed by atoms with Crippen molar-refractivity contribution in [3.8, 4) is 46.7 Å². The minimum Gasteiger partial charge on any atom is -0.378 e. The van der Waals surface area contributed by atoms with E-state index in [0.717, 1.165) is 87.1 Å². The van der Waals surface area contributed by atoms with E-state index in [2.05, 4.69) is 74.2 Å². The van der Waals surface area contributed by atoms with Crippen molar-refractivity contribution >= 4 is 61.4 Å². The van der Waals surface area contributed by atoms with Crippen molar-refractivity contribution in [2.75, 3.05) is 11.5 Å². The average Bonchev–Trinajstić information content (AvgIpc) is 3.99. The summed E-state index contributed by atoms with van der Waals surface area (Å²) in [6.07, 6.45) is 15.6. The number of nitrogens with two attached hydrogens (primary N) is 2. The van der Waals surface area contributed by atoms with Crippen molar-refractivity contribution in [3.63, 3.8) is 0 Å². The lowest BCUT2D eigenvalue weighted by atomic mass is 10.0. The second-order valence-electron chi connectivity index (χ2n) is 14.6. The molecule has 4 aliphatic rings. The van der Waals surface area contributed by atoms with Crippen LogP contribution < -0.4 is 22.1 Å². The minimum absolute atomic E-state index is 0.158. The number of aromatic nitrogens is 6. The Morgan fingerprint density at radius 1 is 0.719 bits per heavy atom. The van der Waals surface area contributed by atoms with Gasteiger partial charge in [0.05, 0.1) is 11.4 Å². The van der Waals surface area contributed by atoms with Crippen LogP contribution in [0.2, 0.25) is 0 Å². The number of hydrogen-bond acceptors (Lipinski definition) is 10. The number of nitrogens with one attached hydrogen (secondary N) is 4. The molecule has 6 heterocycles. The SMILES string of the molecule is C#CC1(O)CCCC1.Nc1ncc2c(n1)-c1c([nH]c3ccc(Br)cc13)C(=O)NC2.Nc1ncc2c(n1)-c1c([nH]c3ccc(C#CC4(O)CCCC4)cc13)C(=O)NC2. The predicted octanol–water partition coefficient (Wildman–Crippen LogP) is 5.24. The van der Waals surface area contributed by atoms with Gasteiger partial charge < -0.3 is 42.3 Å². The van der Waals surface area contributed by atoms with Gasteiger partial charge in [0.15, 0.2) is 0 Å². The number of aliphatic hydroxyl groups is 2. The van der Waals surface area contributed by atoms with E-state index in [1.54, 1.807) is 12.4 Å². The first-order valence-electron chi connectivity index (χ1n) is 18.7. The summed E-state index contributed by atoms with van der Waals surface area (Å²) >= 11 is 3.46. The van der Waals surface area contributed by atoms with E-state index in [4.69, 9.17) is 17.9 Å². The van der Waals surface area contributed by atoms with Crippen LogP contribution in [-0.2, 0) is 13.1 Å². The number of nitrogen functional groups attached to an aromatic ring is 2. The number of terminal acetylenes is 1. The molecule has 2 amide bonds. The van der Waals surface area contributed by atoms with E-state index in [1.165, 1.54) is 0 Å². The number of halogens is 1. The number of H-pyrrole nitrogens is 2. The third-order valence-electron chi connectivity index (χ3n) is 10.7. The van der Waals surface area contributed by atoms with Gasteiger partial charge in [0.25, 0.3) is 11.8 Å². The van der Waals surface area contributed by atoms with E-state index in [1.807, 2.05) is 36.4 Å². The summed E-state index contributed by atoms with van der Waals surface area (Å²) in [5, 5.41) is 27.2. The highest BCUT2D eigenvalue weighted by Gasteiger charge is 2.30. The Labute approximate surface area is 335 Å². The fraction of sp³-hybridized carbons (Fsp3) is 0.286. The molecule has 0 spiro atoms. The standard InChI is InChI=1S/C21H19N5O2.C14H10BrN5O.C7H10O/c22-20-24-11-13-10-23-19(27)18-16(17(13)26-20)14-9-12(3-4-15(14)25-18)5-8-21(28)6-1-2-7-21;15-7-1-2-9-8(3-7)10-11-6(5-18-14(16)20-11)4-17-13(21)12(10)19-9;1-2-7(8)5-3-4-6-7/h3-4,9,11,25,28H,1-2,6-7,10H2,(H,23,27)(H2,22,24,26);1-3,5,19H,4H2,(H,17,21)(H2,16,18,20);1,8H,3-6H2. The lowest BCUT2D eigenvalue weighted by molar-refractivity contribution is 0.0940. The van der Waals surface area contributed by atoms with Crippen molar-refractivity contribution < 1.29 is 19.8 Å². The molecule has 6 aromatic rings. The van der Waals surface area contributed by atoms with E-state index in [9.17, 15) is 19.8 Å². The highest BCUT2D eigenvalue weighted by Crippen LogP contribution is 2.38. The van der Waals surface area contributed by atoms with Gasteiger partial charge in [-0.15, -0.1) is 6.42 Å². The van der Waals surface area contributed by atoms with Crippen LogP contribution in [0.3, 0.4) is 0 Å². The van der Waals surface area contributed by atoms with Gasteiger partial charge >= 0.3 is 0 Å². The van der Waals surface area contributed by atoms with Gasteiger partial charge in [0.2, 0.25) is 11.9 Å². The number of anilines is 2. The zero-order chi connectivity index (χ0) is 39.9. The van der Waals surface area contributed by atoms with Crippen molar-refractivity contribution in [2.45, 2.75) is 75.7 Å². The fourth-order valence-corrected chi connectivity index (χ4v) is 8.07. The van der Waals surface area contributed by atoms with E-state index < -0.39 is 11.2 Å². The molecule has 4 aromatic heterocycles. The summed E-state index contributed by atoms with van der Waals surface area (Å²) < 4.78 is 0.935. The molecule has 0 bridgehead atoms. The Balaban J connectivity index is 0.000000137. The van der Waals surface area contributed by atoms with E-state index in [-0.39, 0.29) is 23.7 Å². The maximum absolute atomic E-state index is 12.6. The Bertz CT molecular complexity index is 2690. The number of rotatable bonds is 0. The molecule has 2 aromatic carbocycles. The monoisotopic (exact) mass is 826 g/mol. The van der Waals surface area contributed by atoms with Gasteiger partial charge in [0.1, 0.15) is 22.6 Å². The maximum atomic E-state index is 12.6. The Hall–Kier alpha value is -6.26. The molecule has 288 valence electrons. The molecule has 10 rings (SSSR count). The van der Waals surface area contributed by atoms with E-state index in [0.29, 0.717) is 54.3 Å². The van der Waals surface area contributed by atoms with Crippen molar-refractivity contribution in [1.82, 2.24) is 40.5 Å². The van der Waals surface area contributed by atoms with Crippen LogP contribution in [0.25, 0.3) is 44.3 Å². The maximum Gasteiger partial charge on any atom is 0.268 e. The molecule has 2 aliphatic carbocycles. The minimum atomic E-state index is -0.891. The molecule has 0 radical (unpaired) electrons. The smallest absolute Gasteiger partial charge is 0.268 e. The number of hydrogen-bond donors (Lipinski definition) is 8. The first-order valence-corrected chi connectivity index (χ1v) is 19.4. The van der Waals surface area contributed by atoms with Crippen LogP contribution in [0, 0.1) is 24.2 Å². The Morgan fingerprint density at radius 2 is 1.21 bits per heavy atom. The molecule has 10 N–H and O–H groups in total. The molecular formula is C42H39BrN10O4. The zero-order valence-electron chi connectivity index (χ0n) is 30.8. The number of aromatic amines is 2. The number of amides is 2. The molecule has 2 aliphatic heterocycles. The van der Waals surface area contributed by atoms with Gasteiger partial charge in [-0.2, -0.15) is 0 Å². The van der Waals surface area contributed by atoms with Crippen molar-refractivity contribution in [2.24, 2.45) is 0 Å². The number of benzene rings is 2. The highest BCUT2D eigenvalue weighted by molar-refractivity contribution is 9.10. The molecule has 57 heavy (non-hydrogen) atoms. The van der Waals surface area contributed by atoms with E-state index >= 15 is 0 Å². The van der Waals surface area contributed by atoms with Gasteiger partial charge in [-0.05, 0) is 87.8 Å². The van der Waals surface area contributed by atoms with Crippen LogP contribution in [0.15, 0.2) is 53.3 Å². The van der Waals surface area contributed by atoms with Crippen LogP contribution in [0.1, 0.15) is 89.0 Å². The molecule has 0 atom stereocenters. The Morgan fingerprint density at radius 3 is 1.72 bits per heavy atom. The molecule has 0 saturated heterocycles. The summed E-state index contributed by atoms with van der Waals surface area (Å²) in [5.41, 5.74) is 17.8. The van der Waals surface area contributed by atoms with Crippen LogP contribution in [0.4, 0.5) is 11.9 Å². The van der Waals surface area contributed by atoms with Crippen LogP contribution in [0.5, 0.6) is 0 Å². The first-order chi connectivity index (χ1) is 27.4. The Kier molecular flexibility index (Phi) is 9.91. The molecule has 14 nitrogen and oxygen atoms in total. The summed E-state index contributed by atoms with van der Waals surface area (Å²) in [7, 11) is 0. The molecular weight excluding hydrogens is 788 g/mol. The highest BCUT2D eigenvalue weighted by atomic mass is 79.9. The van der Waals surface area contributed by atoms with Gasteiger partial charge in [-0.1, -0.05) is 33.7 Å². The third-order valence-corrected chi connectivity index (χ3v) is 11.2. The second kappa shape index (κ2) is 15.0. The summed E-state index contributed by atoms with van der Waals surface area (Å²) in [6.45, 7) is 0.720. The zero-order valence-corrected chi connectivity index (χ0v) is 32.4. The number of fused-ring (bicyclic) bond motifs is 10. The van der Waals surface area contributed by atoms with Crippen LogP contribution >= 0.6 is 15.9 Å². The molecule has 0 unspecified atom stereocenters. The lowest BCUT2D eigenvalue weighted by Crippen LogP contribution is -2.21. The summed E-state index contributed by atoms with van der Waals surface area (Å²) in [4.78, 5) is 48.0. The molecule has 15 heteroatoms. The van der Waals surface area contributed by atoms with Gasteiger partial charge in [-0.3, -0.25) is 9.59 Å². The average molecular weight is 828 g/mol. The lowest BCUT2D eigenvalue weighted by Gasteiger charge is -2.12. The number of nitrogens with zero attached hydrogens (tertiary/aromatic N) is 4. The fourth-order valence-electron chi connectivity index (χ4n) is 7.70. The van der Waals surface area contributed by atoms with Crippen LogP contribution in [-0.4, -0.2) is 63.1 Å². The topological polar surface area (TPSA) is 234 Å². The van der Waals surface area contributed by atoms with Crippen molar-refractivity contribution in [3.05, 3.63) is 81.3 Å². The van der Waals surface area contributed by atoms with Gasteiger partial charge in [0, 0.05) is 79.6 Å². The quantitative estimate of drug-likeness (QED) is 0.0928. The third kappa shape index (κ3) is 7.52. The van der Waals surface area contributed by atoms with Crippen molar-refractivity contribution in [1.29, 1.82) is 0 Å². The predicted molar refractivity (Wildman–Crippen MR) is 220 cm³/mol. The number of carbonyl (C=O) groups is 2. The molecule has 2 saturated carbocycles. The first kappa shape index (κ1) is 37.7. The molecule has 2 fully saturated rings. The largest absolute Gasteiger partial charge is 0.378 e. The second-order valence-corrected chi connectivity index (χ2v) is 15.6. The summed E-state index contributed by atoms with van der Waals surface area (Å²) in [6, 6.07) is 11.5. The van der Waals surface area contributed by atoms with Gasteiger partial charge in [-0.25, -0.2) is 19.9 Å². The number of carbonyl (C=O) groups excluding carboxylic acids is 2. The summed E-state index contributed by atoms with van der Waals surface area (Å²) in [5.74, 6) is 8.53.